The molecule has 0 aliphatic heterocycles. The van der Waals surface area contributed by atoms with E-state index in [0.717, 1.165) is 23.9 Å². The van der Waals surface area contributed by atoms with Gasteiger partial charge >= 0.3 is 11.6 Å². The van der Waals surface area contributed by atoms with Crippen LogP contribution in [0.1, 0.15) is 25.7 Å². The van der Waals surface area contributed by atoms with Gasteiger partial charge in [0, 0.05) is 35.1 Å². The highest BCUT2D eigenvalue weighted by Crippen LogP contribution is 2.27. The van der Waals surface area contributed by atoms with Gasteiger partial charge in [-0.1, -0.05) is 18.0 Å². The summed E-state index contributed by atoms with van der Waals surface area (Å²) in [6, 6.07) is 12.3. The van der Waals surface area contributed by atoms with E-state index in [4.69, 9.17) is 25.5 Å². The van der Waals surface area contributed by atoms with Gasteiger partial charge in [0.15, 0.2) is 5.58 Å². The lowest BCUT2D eigenvalue weighted by molar-refractivity contribution is -0.137. The molecule has 8 heteroatoms. The first-order valence-corrected chi connectivity index (χ1v) is 9.97. The van der Waals surface area contributed by atoms with E-state index >= 15 is 0 Å². The predicted molar refractivity (Wildman–Crippen MR) is 115 cm³/mol. The van der Waals surface area contributed by atoms with Gasteiger partial charge in [0.2, 0.25) is 5.89 Å². The van der Waals surface area contributed by atoms with Crippen molar-refractivity contribution in [2.24, 2.45) is 0 Å². The molecular formula is C22H19ClN2O5. The topological polar surface area (TPSA) is 106 Å². The van der Waals surface area contributed by atoms with Crippen LogP contribution in [-0.4, -0.2) is 22.6 Å². The molecule has 0 saturated carbocycles. The number of nitrogens with zero attached hydrogens (tertiary/aromatic N) is 1. The summed E-state index contributed by atoms with van der Waals surface area (Å²) in [4.78, 5) is 27.4. The van der Waals surface area contributed by atoms with Crippen molar-refractivity contribution < 1.29 is 18.7 Å². The zero-order chi connectivity index (χ0) is 21.1. The van der Waals surface area contributed by atoms with E-state index in [1.54, 1.807) is 30.3 Å². The number of halogens is 1. The third kappa shape index (κ3) is 4.46. The molecule has 154 valence electrons. The average molecular weight is 427 g/mol. The van der Waals surface area contributed by atoms with Crippen LogP contribution in [0.15, 0.2) is 56.1 Å². The summed E-state index contributed by atoms with van der Waals surface area (Å²) in [6.07, 6.45) is 2.54. The molecule has 2 aromatic carbocycles. The van der Waals surface area contributed by atoms with Crippen LogP contribution in [0.2, 0.25) is 5.02 Å². The Morgan fingerprint density at radius 2 is 1.90 bits per heavy atom. The number of carbonyl (C=O) groups is 1. The first-order chi connectivity index (χ1) is 14.5. The number of rotatable bonds is 8. The van der Waals surface area contributed by atoms with Gasteiger partial charge in [0.25, 0.3) is 0 Å². The molecule has 0 aliphatic rings. The van der Waals surface area contributed by atoms with Crippen molar-refractivity contribution in [3.63, 3.8) is 0 Å². The van der Waals surface area contributed by atoms with E-state index in [0.29, 0.717) is 34.7 Å². The number of oxazole rings is 1. The third-order valence-electron chi connectivity index (χ3n) is 4.71. The van der Waals surface area contributed by atoms with Crippen LogP contribution in [-0.2, 0) is 4.79 Å². The molecule has 4 rings (SSSR count). The van der Waals surface area contributed by atoms with Crippen LogP contribution < -0.4 is 10.9 Å². The molecule has 7 nitrogen and oxygen atoms in total. The molecule has 0 bridgehead atoms. The molecule has 2 N–H and O–H groups in total. The SMILES string of the molecule is O=C(O)CCCCCNc1ccc2cc(-c3nc4cc(Cl)ccc4o3)c(=O)oc2c1. The van der Waals surface area contributed by atoms with E-state index < -0.39 is 11.6 Å². The Labute approximate surface area is 176 Å². The quantitative estimate of drug-likeness (QED) is 0.290. The molecule has 0 aliphatic carbocycles. The Kier molecular flexibility index (Phi) is 5.72. The zero-order valence-electron chi connectivity index (χ0n) is 16.0. The number of carboxylic acids is 1. The van der Waals surface area contributed by atoms with Gasteiger partial charge in [-0.05, 0) is 49.2 Å². The van der Waals surface area contributed by atoms with Crippen molar-refractivity contribution in [1.82, 2.24) is 4.98 Å². The van der Waals surface area contributed by atoms with Crippen LogP contribution >= 0.6 is 11.6 Å². The second-order valence-corrected chi connectivity index (χ2v) is 7.40. The van der Waals surface area contributed by atoms with E-state index in [9.17, 15) is 9.59 Å². The number of fused-ring (bicyclic) bond motifs is 2. The third-order valence-corrected chi connectivity index (χ3v) is 4.95. The molecule has 0 radical (unpaired) electrons. The first kappa shape index (κ1) is 20.0. The van der Waals surface area contributed by atoms with Gasteiger partial charge in [-0.25, -0.2) is 9.78 Å². The summed E-state index contributed by atoms with van der Waals surface area (Å²) in [5.74, 6) is -0.583. The Bertz CT molecular complexity index is 1280. The van der Waals surface area contributed by atoms with Crippen molar-refractivity contribution >= 4 is 45.3 Å². The number of aromatic nitrogens is 1. The standard InChI is InChI=1S/C22H19ClN2O5/c23-14-6-8-18-17(11-14)25-21(29-18)16-10-13-5-7-15(12-19(13)30-22(16)28)24-9-3-1-2-4-20(26)27/h5-8,10-12,24H,1-4,9H2,(H,26,27). The Morgan fingerprint density at radius 3 is 2.73 bits per heavy atom. The lowest BCUT2D eigenvalue weighted by atomic mass is 10.1. The molecule has 30 heavy (non-hydrogen) atoms. The monoisotopic (exact) mass is 426 g/mol. The van der Waals surface area contributed by atoms with Gasteiger partial charge in [-0.2, -0.15) is 0 Å². The summed E-state index contributed by atoms with van der Waals surface area (Å²) in [5, 5.41) is 13.2. The highest BCUT2D eigenvalue weighted by atomic mass is 35.5. The van der Waals surface area contributed by atoms with Gasteiger partial charge < -0.3 is 19.3 Å². The van der Waals surface area contributed by atoms with Crippen LogP contribution in [0, 0.1) is 0 Å². The van der Waals surface area contributed by atoms with Crippen molar-refractivity contribution in [3.05, 3.63) is 57.9 Å². The molecule has 0 unspecified atom stereocenters. The van der Waals surface area contributed by atoms with Crippen LogP contribution in [0.25, 0.3) is 33.5 Å². The molecule has 0 spiro atoms. The van der Waals surface area contributed by atoms with Crippen molar-refractivity contribution in [2.45, 2.75) is 25.7 Å². The summed E-state index contributed by atoms with van der Waals surface area (Å²) in [5.41, 5.74) is 2.10. The smallest absolute Gasteiger partial charge is 0.349 e. The molecule has 0 saturated heterocycles. The van der Waals surface area contributed by atoms with Gasteiger partial charge in [-0.15, -0.1) is 0 Å². The molecule has 0 fully saturated rings. The molecule has 4 aromatic rings. The first-order valence-electron chi connectivity index (χ1n) is 9.60. The maximum absolute atomic E-state index is 12.5. The lowest BCUT2D eigenvalue weighted by Gasteiger charge is -2.07. The van der Waals surface area contributed by atoms with Gasteiger partial charge in [0.1, 0.15) is 16.7 Å². The van der Waals surface area contributed by atoms with Crippen molar-refractivity contribution in [3.8, 4) is 11.5 Å². The fourth-order valence-electron chi connectivity index (χ4n) is 3.20. The summed E-state index contributed by atoms with van der Waals surface area (Å²) >= 11 is 5.98. The van der Waals surface area contributed by atoms with E-state index in [-0.39, 0.29) is 17.9 Å². The minimum absolute atomic E-state index is 0.187. The molecular weight excluding hydrogens is 408 g/mol. The number of hydrogen-bond donors (Lipinski definition) is 2. The zero-order valence-corrected chi connectivity index (χ0v) is 16.7. The van der Waals surface area contributed by atoms with Gasteiger partial charge in [-0.3, -0.25) is 4.79 Å². The number of benzene rings is 2. The maximum Gasteiger partial charge on any atom is 0.349 e. The fourth-order valence-corrected chi connectivity index (χ4v) is 3.36. The molecule has 2 heterocycles. The normalized spacial score (nSPS) is 11.2. The highest BCUT2D eigenvalue weighted by molar-refractivity contribution is 6.31. The van der Waals surface area contributed by atoms with E-state index in [1.165, 1.54) is 0 Å². The number of anilines is 1. The number of nitrogens with one attached hydrogen (secondary N) is 1. The number of hydrogen-bond acceptors (Lipinski definition) is 6. The Morgan fingerprint density at radius 1 is 1.03 bits per heavy atom. The number of aliphatic carboxylic acids is 1. The summed E-state index contributed by atoms with van der Waals surface area (Å²) in [7, 11) is 0. The van der Waals surface area contributed by atoms with Gasteiger partial charge in [0.05, 0.1) is 0 Å². The Balaban J connectivity index is 1.50. The predicted octanol–water partition coefficient (Wildman–Crippen LogP) is 5.31. The molecule has 0 amide bonds. The average Bonchev–Trinajstić information content (AvgIpc) is 3.12. The van der Waals surface area contributed by atoms with Crippen LogP contribution in [0.5, 0.6) is 0 Å². The van der Waals surface area contributed by atoms with Crippen LogP contribution in [0.3, 0.4) is 0 Å². The lowest BCUT2D eigenvalue weighted by Crippen LogP contribution is -2.04. The number of carboxylic acid groups (broad SMARTS) is 1. The maximum atomic E-state index is 12.5. The molecule has 0 atom stereocenters. The molecule has 2 aromatic heterocycles. The number of unbranched alkanes of at least 4 members (excludes halogenated alkanes) is 2. The Hall–Kier alpha value is -3.32. The minimum Gasteiger partial charge on any atom is -0.481 e. The van der Waals surface area contributed by atoms with E-state index in [2.05, 4.69) is 10.3 Å². The largest absolute Gasteiger partial charge is 0.481 e. The second kappa shape index (κ2) is 8.59. The highest BCUT2D eigenvalue weighted by Gasteiger charge is 2.15. The fraction of sp³-hybridized carbons (Fsp3) is 0.227. The van der Waals surface area contributed by atoms with Crippen molar-refractivity contribution in [1.29, 1.82) is 0 Å². The minimum atomic E-state index is -0.770. The van der Waals surface area contributed by atoms with Crippen LogP contribution in [0.4, 0.5) is 5.69 Å². The van der Waals surface area contributed by atoms with E-state index in [1.807, 2.05) is 12.1 Å². The van der Waals surface area contributed by atoms with Crippen molar-refractivity contribution in [2.75, 3.05) is 11.9 Å². The summed E-state index contributed by atoms with van der Waals surface area (Å²) in [6.45, 7) is 0.707. The second-order valence-electron chi connectivity index (χ2n) is 6.96. The summed E-state index contributed by atoms with van der Waals surface area (Å²) < 4.78 is 11.2.